The summed E-state index contributed by atoms with van der Waals surface area (Å²) in [5.41, 5.74) is 8.39. The van der Waals surface area contributed by atoms with Gasteiger partial charge in [-0.15, -0.1) is 0 Å². The van der Waals surface area contributed by atoms with Crippen LogP contribution in [0, 0.1) is 0 Å². The third-order valence-electron chi connectivity index (χ3n) is 4.27. The highest BCUT2D eigenvalue weighted by Gasteiger charge is 2.33. The number of carbonyl (C=O) groups excluding carboxylic acids is 1. The van der Waals surface area contributed by atoms with Crippen LogP contribution >= 0.6 is 15.9 Å². The molecule has 0 saturated heterocycles. The normalized spacial score (nSPS) is 20.0. The number of nitrogens with one attached hydrogen (secondary N) is 2. The van der Waals surface area contributed by atoms with Crippen LogP contribution < -0.4 is 11.1 Å². The van der Waals surface area contributed by atoms with Gasteiger partial charge in [0.05, 0.1) is 6.20 Å². The minimum atomic E-state index is -1.04. The zero-order valence-corrected chi connectivity index (χ0v) is 14.0. The molecule has 4 N–H and O–H groups in total. The van der Waals surface area contributed by atoms with Gasteiger partial charge in [0, 0.05) is 16.2 Å². The highest BCUT2D eigenvalue weighted by molar-refractivity contribution is 9.10. The Hall–Kier alpha value is -1.66. The number of nitrogens with zero attached hydrogens (tertiary/aromatic N) is 1. The van der Waals surface area contributed by atoms with Crippen LogP contribution in [0.3, 0.4) is 0 Å². The smallest absolute Gasteiger partial charge is 0.244 e. The van der Waals surface area contributed by atoms with Crippen molar-refractivity contribution in [3.8, 4) is 0 Å². The van der Waals surface area contributed by atoms with Crippen molar-refractivity contribution in [3.05, 3.63) is 51.8 Å². The van der Waals surface area contributed by atoms with Gasteiger partial charge in [-0.3, -0.25) is 9.89 Å². The molecule has 1 aliphatic carbocycles. The van der Waals surface area contributed by atoms with E-state index in [1.165, 1.54) is 11.3 Å². The van der Waals surface area contributed by atoms with E-state index in [1.807, 2.05) is 30.5 Å². The van der Waals surface area contributed by atoms with Crippen LogP contribution in [0.5, 0.6) is 0 Å². The number of aromatic nitrogens is 2. The summed E-state index contributed by atoms with van der Waals surface area (Å²) in [5.74, 6) is -0.147. The molecule has 2 aromatic rings. The molecule has 116 valence electrons. The molecular weight excluding hydrogens is 344 g/mol. The van der Waals surface area contributed by atoms with Gasteiger partial charge < -0.3 is 11.1 Å². The molecule has 1 aliphatic rings. The molecule has 1 heterocycles. The van der Waals surface area contributed by atoms with E-state index in [0.717, 1.165) is 29.3 Å². The fourth-order valence-corrected chi connectivity index (χ4v) is 3.07. The summed E-state index contributed by atoms with van der Waals surface area (Å²) in [4.78, 5) is 12.6. The maximum absolute atomic E-state index is 12.6. The van der Waals surface area contributed by atoms with Crippen LogP contribution in [0.4, 0.5) is 0 Å². The molecule has 2 atom stereocenters. The first-order valence-electron chi connectivity index (χ1n) is 7.34. The van der Waals surface area contributed by atoms with Gasteiger partial charge >= 0.3 is 0 Å². The summed E-state index contributed by atoms with van der Waals surface area (Å²) in [6, 6.07) is 7.64. The minimum absolute atomic E-state index is 0.107. The number of nitrogens with two attached hydrogens (primary N) is 1. The van der Waals surface area contributed by atoms with E-state index in [1.54, 1.807) is 6.92 Å². The molecule has 0 fully saturated rings. The number of hydrogen-bond acceptors (Lipinski definition) is 3. The molecule has 0 radical (unpaired) electrons. The first kappa shape index (κ1) is 15.2. The first-order valence-corrected chi connectivity index (χ1v) is 8.13. The molecule has 1 aromatic heterocycles. The Morgan fingerprint density at radius 3 is 2.91 bits per heavy atom. The van der Waals surface area contributed by atoms with Gasteiger partial charge in [-0.05, 0) is 49.4 Å². The minimum Gasteiger partial charge on any atom is -0.351 e. The van der Waals surface area contributed by atoms with Crippen LogP contribution in [0.2, 0.25) is 0 Å². The molecule has 3 rings (SSSR count). The maximum Gasteiger partial charge on any atom is 0.244 e. The Kier molecular flexibility index (Phi) is 4.06. The second-order valence-corrected chi connectivity index (χ2v) is 6.91. The lowest BCUT2D eigenvalue weighted by Crippen LogP contribution is -2.52. The van der Waals surface area contributed by atoms with Gasteiger partial charge in [0.1, 0.15) is 5.54 Å². The fourth-order valence-electron chi connectivity index (χ4n) is 2.80. The molecular formula is C16H19BrN4O. The summed E-state index contributed by atoms with van der Waals surface area (Å²) in [6.45, 7) is 1.75. The van der Waals surface area contributed by atoms with Crippen LogP contribution in [-0.2, 0) is 23.2 Å². The predicted octanol–water partition coefficient (Wildman–Crippen LogP) is 2.02. The topological polar surface area (TPSA) is 83.8 Å². The quantitative estimate of drug-likeness (QED) is 0.780. The Morgan fingerprint density at radius 2 is 2.18 bits per heavy atom. The average Bonchev–Trinajstić information content (AvgIpc) is 2.95. The standard InChI is InChI=1S/C16H19BrN4O/c1-16(18,11-2-4-12(17)5-3-11)15(22)20-13-6-7-14-10(8-13)9-19-21-14/h2-5,9,13H,6-8,18H2,1H3,(H,19,21)(H,20,22). The molecule has 0 bridgehead atoms. The van der Waals surface area contributed by atoms with Crippen molar-refractivity contribution in [2.75, 3.05) is 0 Å². The second kappa shape index (κ2) is 5.85. The van der Waals surface area contributed by atoms with Crippen molar-refractivity contribution in [2.24, 2.45) is 5.73 Å². The Labute approximate surface area is 137 Å². The van der Waals surface area contributed by atoms with Gasteiger partial charge in [0.15, 0.2) is 0 Å². The fraction of sp³-hybridized carbons (Fsp3) is 0.375. The molecule has 0 spiro atoms. The number of rotatable bonds is 3. The summed E-state index contributed by atoms with van der Waals surface area (Å²) in [5, 5.41) is 10.1. The number of benzene rings is 1. The van der Waals surface area contributed by atoms with E-state index in [4.69, 9.17) is 5.73 Å². The third kappa shape index (κ3) is 2.94. The van der Waals surface area contributed by atoms with Crippen LogP contribution in [0.15, 0.2) is 34.9 Å². The van der Waals surface area contributed by atoms with Crippen molar-refractivity contribution in [2.45, 2.75) is 37.8 Å². The SMILES string of the molecule is CC(N)(C(=O)NC1CCc2[nH]ncc2C1)c1ccc(Br)cc1. The van der Waals surface area contributed by atoms with Crippen LogP contribution in [0.25, 0.3) is 0 Å². The van der Waals surface area contributed by atoms with Crippen molar-refractivity contribution in [1.82, 2.24) is 15.5 Å². The molecule has 6 heteroatoms. The number of halogens is 1. The number of hydrogen-bond donors (Lipinski definition) is 3. The van der Waals surface area contributed by atoms with Crippen LogP contribution in [-0.4, -0.2) is 22.1 Å². The number of aryl methyl sites for hydroxylation is 1. The second-order valence-electron chi connectivity index (χ2n) is 6.00. The molecule has 0 aliphatic heterocycles. The number of aromatic amines is 1. The van der Waals surface area contributed by atoms with Gasteiger partial charge in [-0.1, -0.05) is 28.1 Å². The van der Waals surface area contributed by atoms with Crippen molar-refractivity contribution >= 4 is 21.8 Å². The molecule has 1 aromatic carbocycles. The largest absolute Gasteiger partial charge is 0.351 e. The molecule has 22 heavy (non-hydrogen) atoms. The van der Waals surface area contributed by atoms with E-state index in [9.17, 15) is 4.79 Å². The summed E-state index contributed by atoms with van der Waals surface area (Å²) < 4.78 is 0.965. The van der Waals surface area contributed by atoms with E-state index in [-0.39, 0.29) is 11.9 Å². The molecule has 5 nitrogen and oxygen atoms in total. The van der Waals surface area contributed by atoms with E-state index in [2.05, 4.69) is 31.4 Å². The molecule has 1 amide bonds. The lowest BCUT2D eigenvalue weighted by molar-refractivity contribution is -0.126. The lowest BCUT2D eigenvalue weighted by atomic mass is 9.89. The van der Waals surface area contributed by atoms with Gasteiger partial charge in [-0.2, -0.15) is 5.10 Å². The summed E-state index contributed by atoms with van der Waals surface area (Å²) in [6.07, 6.45) is 4.44. The Bertz CT molecular complexity index is 678. The molecule has 0 saturated carbocycles. The number of fused-ring (bicyclic) bond motifs is 1. The predicted molar refractivity (Wildman–Crippen MR) is 88.2 cm³/mol. The summed E-state index contributed by atoms with van der Waals surface area (Å²) >= 11 is 3.39. The van der Waals surface area contributed by atoms with Gasteiger partial charge in [-0.25, -0.2) is 0 Å². The average molecular weight is 363 g/mol. The maximum atomic E-state index is 12.6. The van der Waals surface area contributed by atoms with Crippen LogP contribution in [0.1, 0.15) is 30.2 Å². The zero-order chi connectivity index (χ0) is 15.7. The summed E-state index contributed by atoms with van der Waals surface area (Å²) in [7, 11) is 0. The zero-order valence-electron chi connectivity index (χ0n) is 12.4. The highest BCUT2D eigenvalue weighted by Crippen LogP contribution is 2.23. The van der Waals surface area contributed by atoms with E-state index < -0.39 is 5.54 Å². The van der Waals surface area contributed by atoms with Crippen molar-refractivity contribution < 1.29 is 4.79 Å². The Balaban J connectivity index is 1.70. The molecule has 2 unspecified atom stereocenters. The van der Waals surface area contributed by atoms with E-state index in [0.29, 0.717) is 0 Å². The van der Waals surface area contributed by atoms with Gasteiger partial charge in [0.25, 0.3) is 0 Å². The number of carbonyl (C=O) groups is 1. The Morgan fingerprint density at radius 1 is 1.45 bits per heavy atom. The number of amides is 1. The lowest BCUT2D eigenvalue weighted by Gasteiger charge is -2.29. The monoisotopic (exact) mass is 362 g/mol. The number of H-pyrrole nitrogens is 1. The van der Waals surface area contributed by atoms with Crippen molar-refractivity contribution in [1.29, 1.82) is 0 Å². The van der Waals surface area contributed by atoms with E-state index >= 15 is 0 Å². The van der Waals surface area contributed by atoms with Gasteiger partial charge in [0.2, 0.25) is 5.91 Å². The highest BCUT2D eigenvalue weighted by atomic mass is 79.9. The van der Waals surface area contributed by atoms with Crippen molar-refractivity contribution in [3.63, 3.8) is 0 Å². The first-order chi connectivity index (χ1) is 10.5. The third-order valence-corrected chi connectivity index (χ3v) is 4.80.